The van der Waals surface area contributed by atoms with Gasteiger partial charge in [-0.3, -0.25) is 0 Å². The van der Waals surface area contributed by atoms with E-state index in [1.807, 2.05) is 0 Å². The molecule has 2 aromatic heterocycles. The van der Waals surface area contributed by atoms with E-state index in [0.717, 1.165) is 35.6 Å². The summed E-state index contributed by atoms with van der Waals surface area (Å²) in [4.78, 5) is 2.50. The quantitative estimate of drug-likeness (QED) is 0.158. The Labute approximate surface area is 360 Å². The number of aromatic nitrogens is 2. The molecule has 0 saturated carbocycles. The second-order valence-electron chi connectivity index (χ2n) is 17.6. The molecule has 11 aromatic rings. The fraction of sp³-hybridized carbons (Fsp3) is 0.0847. The van der Waals surface area contributed by atoms with Crippen LogP contribution in [0.1, 0.15) is 37.8 Å². The number of hydrogen-bond donors (Lipinski definition) is 0. The Hall–Kier alpha value is -7.62. The summed E-state index contributed by atoms with van der Waals surface area (Å²) in [6.45, 7) is 4.75. The van der Waals surface area contributed by atoms with E-state index in [-0.39, 0.29) is 5.41 Å². The van der Waals surface area contributed by atoms with Gasteiger partial charge in [0.1, 0.15) is 0 Å². The second-order valence-corrected chi connectivity index (χ2v) is 17.6. The van der Waals surface area contributed by atoms with Gasteiger partial charge >= 0.3 is 0 Å². The molecule has 0 saturated heterocycles. The summed E-state index contributed by atoms with van der Waals surface area (Å²) in [7, 11) is 0. The number of benzene rings is 9. The van der Waals surface area contributed by atoms with Crippen molar-refractivity contribution >= 4 is 87.9 Å². The largest absolute Gasteiger partial charge is 0.312 e. The van der Waals surface area contributed by atoms with Crippen LogP contribution in [0.4, 0.5) is 17.1 Å². The molecule has 294 valence electrons. The van der Waals surface area contributed by atoms with Gasteiger partial charge in [-0.15, -0.1) is 0 Å². The number of para-hydroxylation sites is 2. The molecule has 0 atom stereocenters. The number of nitrogens with zero attached hydrogens (tertiary/aromatic N) is 3. The third kappa shape index (κ3) is 4.94. The Bertz CT molecular complexity index is 3720. The Morgan fingerprint density at radius 3 is 1.81 bits per heavy atom. The molecule has 0 bridgehead atoms. The minimum atomic E-state index is -0.139. The molecule has 0 unspecified atom stereocenters. The summed E-state index contributed by atoms with van der Waals surface area (Å²) >= 11 is 0. The van der Waals surface area contributed by atoms with Crippen molar-refractivity contribution < 1.29 is 0 Å². The lowest BCUT2D eigenvalue weighted by Crippen LogP contribution is -2.16. The van der Waals surface area contributed by atoms with Crippen LogP contribution in [0.5, 0.6) is 0 Å². The Kier molecular flexibility index (Phi) is 7.48. The second kappa shape index (κ2) is 13.2. The van der Waals surface area contributed by atoms with Crippen molar-refractivity contribution in [3.63, 3.8) is 0 Å². The highest BCUT2D eigenvalue weighted by Crippen LogP contribution is 2.52. The molecule has 0 spiro atoms. The molecule has 3 nitrogen and oxygen atoms in total. The van der Waals surface area contributed by atoms with Crippen LogP contribution in [-0.4, -0.2) is 9.13 Å². The first-order valence-electron chi connectivity index (χ1n) is 21.9. The normalized spacial score (nSPS) is 14.3. The molecule has 62 heavy (non-hydrogen) atoms. The average molecular weight is 794 g/mol. The van der Waals surface area contributed by atoms with E-state index in [1.54, 1.807) is 0 Å². The van der Waals surface area contributed by atoms with Crippen LogP contribution in [-0.2, 0) is 5.41 Å². The van der Waals surface area contributed by atoms with Gasteiger partial charge in [0.05, 0.1) is 22.1 Å². The van der Waals surface area contributed by atoms with Gasteiger partial charge < -0.3 is 14.0 Å². The van der Waals surface area contributed by atoms with Crippen molar-refractivity contribution in [1.29, 1.82) is 0 Å². The van der Waals surface area contributed by atoms with Gasteiger partial charge in [0.25, 0.3) is 0 Å². The predicted molar refractivity (Wildman–Crippen MR) is 264 cm³/mol. The Morgan fingerprint density at radius 2 is 1.03 bits per heavy atom. The van der Waals surface area contributed by atoms with E-state index >= 15 is 0 Å². The molecule has 0 amide bonds. The molecule has 2 heterocycles. The molecule has 9 aromatic carbocycles. The van der Waals surface area contributed by atoms with Gasteiger partial charge in [0.2, 0.25) is 0 Å². The highest BCUT2D eigenvalue weighted by Gasteiger charge is 2.36. The van der Waals surface area contributed by atoms with Crippen LogP contribution < -0.4 is 4.90 Å². The van der Waals surface area contributed by atoms with Gasteiger partial charge in [-0.1, -0.05) is 141 Å². The first kappa shape index (κ1) is 35.2. The monoisotopic (exact) mass is 793 g/mol. The van der Waals surface area contributed by atoms with Gasteiger partial charge in [0, 0.05) is 60.8 Å². The first-order chi connectivity index (χ1) is 30.5. The van der Waals surface area contributed by atoms with Crippen molar-refractivity contribution in [2.45, 2.75) is 32.1 Å². The molecular formula is C59H43N3. The Morgan fingerprint density at radius 1 is 0.452 bits per heavy atom. The fourth-order valence-corrected chi connectivity index (χ4v) is 11.1. The van der Waals surface area contributed by atoms with E-state index in [4.69, 9.17) is 0 Å². The maximum Gasteiger partial charge on any atom is 0.0622 e. The summed E-state index contributed by atoms with van der Waals surface area (Å²) in [6.07, 6.45) is 8.86. The lowest BCUT2D eigenvalue weighted by atomic mass is 9.82. The van der Waals surface area contributed by atoms with Crippen LogP contribution in [0.3, 0.4) is 0 Å². The molecular weight excluding hydrogens is 751 g/mol. The highest BCUT2D eigenvalue weighted by atomic mass is 15.1. The van der Waals surface area contributed by atoms with Gasteiger partial charge in [-0.05, 0) is 124 Å². The zero-order valence-corrected chi connectivity index (χ0v) is 34.8. The molecule has 2 aliphatic carbocycles. The van der Waals surface area contributed by atoms with Crippen LogP contribution in [0.25, 0.3) is 87.7 Å². The molecule has 0 aliphatic heterocycles. The lowest BCUT2D eigenvalue weighted by molar-refractivity contribution is 0.660. The van der Waals surface area contributed by atoms with Crippen LogP contribution in [0.2, 0.25) is 0 Å². The Balaban J connectivity index is 1.11. The number of hydrogen-bond acceptors (Lipinski definition) is 1. The van der Waals surface area contributed by atoms with Crippen LogP contribution in [0.15, 0.2) is 200 Å². The zero-order valence-electron chi connectivity index (χ0n) is 34.8. The summed E-state index contributed by atoms with van der Waals surface area (Å²) in [5.74, 6) is 0. The van der Waals surface area contributed by atoms with Crippen molar-refractivity contribution in [1.82, 2.24) is 9.13 Å². The minimum Gasteiger partial charge on any atom is -0.312 e. The number of rotatable bonds is 5. The van der Waals surface area contributed by atoms with E-state index in [0.29, 0.717) is 0 Å². The van der Waals surface area contributed by atoms with Crippen LogP contribution >= 0.6 is 0 Å². The summed E-state index contributed by atoms with van der Waals surface area (Å²) in [5.41, 5.74) is 16.1. The SMILES string of the molecule is CC1(C)c2ccccc2-c2ccc(N(c3ccc4c(c3)c3c5ccccc5c5ccccc5c3n4C3=CC=CCC3)c3ccc4c(c3)c3ccccc3n4-c3ccccc3)cc21. The summed E-state index contributed by atoms with van der Waals surface area (Å²) in [6, 6.07) is 67.9. The third-order valence-electron chi connectivity index (χ3n) is 13.9. The lowest BCUT2D eigenvalue weighted by Gasteiger charge is -2.28. The van der Waals surface area contributed by atoms with Crippen LogP contribution in [0, 0.1) is 0 Å². The van der Waals surface area contributed by atoms with Gasteiger partial charge in [0.15, 0.2) is 0 Å². The van der Waals surface area contributed by atoms with E-state index < -0.39 is 0 Å². The molecule has 3 heteroatoms. The van der Waals surface area contributed by atoms with E-state index in [2.05, 4.69) is 228 Å². The molecule has 0 N–H and O–H groups in total. The standard InChI is InChI=1S/C59H43N3/c1-59(2)52-27-15-13-23-45(52)46-32-29-42(37-53(46)59)60(40-30-33-55-50(35-40)47-24-14-16-28-54(47)61(55)38-17-5-3-6-18-38)41-31-34-56-51(36-41)57-48-25-11-9-21-43(48)44-22-10-12-26-49(44)58(57)62(56)39-19-7-4-8-20-39/h3-7,9-19,21-37H,8,20H2,1-2H3. The van der Waals surface area contributed by atoms with Crippen molar-refractivity contribution in [2.24, 2.45) is 0 Å². The maximum absolute atomic E-state index is 2.57. The van der Waals surface area contributed by atoms with E-state index in [1.165, 1.54) is 93.1 Å². The first-order valence-corrected chi connectivity index (χ1v) is 21.9. The summed E-state index contributed by atoms with van der Waals surface area (Å²) < 4.78 is 4.97. The fourth-order valence-electron chi connectivity index (χ4n) is 11.1. The topological polar surface area (TPSA) is 13.1 Å². The molecule has 13 rings (SSSR count). The number of allylic oxidation sites excluding steroid dienone is 4. The molecule has 0 fully saturated rings. The number of fused-ring (bicyclic) bond motifs is 14. The third-order valence-corrected chi connectivity index (χ3v) is 13.9. The summed E-state index contributed by atoms with van der Waals surface area (Å²) in [5, 5.41) is 10.2. The van der Waals surface area contributed by atoms with Crippen molar-refractivity contribution in [2.75, 3.05) is 4.90 Å². The maximum atomic E-state index is 2.57. The van der Waals surface area contributed by atoms with Gasteiger partial charge in [-0.25, -0.2) is 0 Å². The van der Waals surface area contributed by atoms with Gasteiger partial charge in [-0.2, -0.15) is 0 Å². The molecule has 2 aliphatic rings. The highest BCUT2D eigenvalue weighted by molar-refractivity contribution is 6.32. The smallest absolute Gasteiger partial charge is 0.0622 e. The van der Waals surface area contributed by atoms with Crippen molar-refractivity contribution in [3.8, 4) is 16.8 Å². The molecule has 0 radical (unpaired) electrons. The zero-order chi connectivity index (χ0) is 41.1. The minimum absolute atomic E-state index is 0.139. The van der Waals surface area contributed by atoms with Crippen molar-refractivity contribution in [3.05, 3.63) is 211 Å². The average Bonchev–Trinajstić information content (AvgIpc) is 3.93. The number of anilines is 3. The van der Waals surface area contributed by atoms with E-state index in [9.17, 15) is 0 Å². The predicted octanol–water partition coefficient (Wildman–Crippen LogP) is 16.2.